The first kappa shape index (κ1) is 23.2. The van der Waals surface area contributed by atoms with Gasteiger partial charge in [0.15, 0.2) is 11.5 Å². The number of hydrogen-bond acceptors (Lipinski definition) is 9. The number of rotatable bonds is 4. The number of H-pyrrole nitrogens is 1. The second kappa shape index (κ2) is 9.34. The molecule has 6 rings (SSSR count). The molecule has 0 amide bonds. The van der Waals surface area contributed by atoms with Crippen LogP contribution in [0.25, 0.3) is 11.4 Å². The fraction of sp³-hybridized carbons (Fsp3) is 0.458. The second-order valence-electron chi connectivity index (χ2n) is 9.24. The largest absolute Gasteiger partial charge is 0.490 e. The monoisotopic (exact) mass is 513 g/mol. The Morgan fingerprint density at radius 2 is 1.86 bits per heavy atom. The van der Waals surface area contributed by atoms with Crippen LogP contribution in [0.15, 0.2) is 38.5 Å². The Bertz CT molecular complexity index is 1440. The lowest BCUT2D eigenvalue weighted by Gasteiger charge is -2.29. The van der Waals surface area contributed by atoms with Crippen molar-refractivity contribution in [2.24, 2.45) is 0 Å². The van der Waals surface area contributed by atoms with E-state index in [1.54, 1.807) is 12.1 Å². The van der Waals surface area contributed by atoms with Crippen LogP contribution in [0, 0.1) is 0 Å². The zero-order chi connectivity index (χ0) is 24.7. The molecule has 1 saturated heterocycles. The van der Waals surface area contributed by atoms with Crippen molar-refractivity contribution in [3.8, 4) is 22.9 Å². The molecule has 3 aromatic rings. The topological polar surface area (TPSA) is 140 Å². The number of pyridine rings is 1. The molecule has 190 valence electrons. The number of aromatic nitrogens is 3. The predicted octanol–water partition coefficient (Wildman–Crippen LogP) is 1.80. The van der Waals surface area contributed by atoms with Gasteiger partial charge in [0, 0.05) is 56.7 Å². The first-order valence-electron chi connectivity index (χ1n) is 12.2. The van der Waals surface area contributed by atoms with E-state index in [4.69, 9.17) is 14.0 Å². The van der Waals surface area contributed by atoms with Gasteiger partial charge in [-0.05, 0) is 36.6 Å². The Kier molecular flexibility index (Phi) is 6.02. The highest BCUT2D eigenvalue weighted by atomic mass is 32.2. The molecule has 0 aliphatic carbocycles. The van der Waals surface area contributed by atoms with Gasteiger partial charge in [0.25, 0.3) is 5.56 Å². The molecular formula is C24H27N5O6S. The van der Waals surface area contributed by atoms with Gasteiger partial charge in [0.05, 0.1) is 23.7 Å². The van der Waals surface area contributed by atoms with E-state index >= 15 is 0 Å². The number of sulfonamides is 1. The van der Waals surface area contributed by atoms with Crippen molar-refractivity contribution < 1.29 is 22.4 Å². The number of aromatic amines is 1. The molecule has 3 aliphatic heterocycles. The van der Waals surface area contributed by atoms with E-state index in [1.807, 2.05) is 6.07 Å². The maximum atomic E-state index is 13.3. The number of nitrogens with zero attached hydrogens (tertiary/aromatic N) is 3. The summed E-state index contributed by atoms with van der Waals surface area (Å²) in [5, 5.41) is 7.34. The van der Waals surface area contributed by atoms with Crippen molar-refractivity contribution >= 4 is 10.0 Å². The first-order valence-corrected chi connectivity index (χ1v) is 13.6. The average Bonchev–Trinajstić information content (AvgIpc) is 3.26. The molecule has 1 fully saturated rings. The lowest BCUT2D eigenvalue weighted by Crippen LogP contribution is -2.38. The Hall–Kier alpha value is -3.22. The summed E-state index contributed by atoms with van der Waals surface area (Å²) in [7, 11) is -3.69. The molecule has 36 heavy (non-hydrogen) atoms. The fourth-order valence-electron chi connectivity index (χ4n) is 4.90. The van der Waals surface area contributed by atoms with Crippen LogP contribution in [-0.4, -0.2) is 60.7 Å². The first-order chi connectivity index (χ1) is 17.5. The van der Waals surface area contributed by atoms with E-state index in [9.17, 15) is 13.2 Å². The van der Waals surface area contributed by atoms with Crippen molar-refractivity contribution in [3.05, 3.63) is 51.8 Å². The van der Waals surface area contributed by atoms with Crippen LogP contribution in [0.1, 0.15) is 42.3 Å². The molecular weight excluding hydrogens is 486 g/mol. The van der Waals surface area contributed by atoms with E-state index in [1.165, 1.54) is 10.4 Å². The van der Waals surface area contributed by atoms with Crippen LogP contribution >= 0.6 is 0 Å². The zero-order valence-corrected chi connectivity index (χ0v) is 20.5. The van der Waals surface area contributed by atoms with E-state index < -0.39 is 10.0 Å². The Morgan fingerprint density at radius 1 is 1.06 bits per heavy atom. The van der Waals surface area contributed by atoms with E-state index in [2.05, 4.69) is 20.4 Å². The molecule has 5 heterocycles. The van der Waals surface area contributed by atoms with Crippen LogP contribution in [-0.2, 0) is 23.0 Å². The summed E-state index contributed by atoms with van der Waals surface area (Å²) < 4.78 is 44.8. The fourth-order valence-corrected chi connectivity index (χ4v) is 6.39. The SMILES string of the molecule is O=c1[nH]c2c(cc1-c1noc(C3CCN(S(=O)(=O)c4ccc5c(c4)OCCCO5)CC3)n1)CNCC2. The summed E-state index contributed by atoms with van der Waals surface area (Å²) in [4.78, 5) is 20.2. The Morgan fingerprint density at radius 3 is 2.69 bits per heavy atom. The van der Waals surface area contributed by atoms with E-state index in [0.717, 1.165) is 30.6 Å². The highest BCUT2D eigenvalue weighted by Crippen LogP contribution is 2.35. The van der Waals surface area contributed by atoms with Crippen LogP contribution in [0.3, 0.4) is 0 Å². The number of benzene rings is 1. The molecule has 2 aromatic heterocycles. The molecule has 0 spiro atoms. The van der Waals surface area contributed by atoms with Gasteiger partial charge in [0.1, 0.15) is 0 Å². The highest BCUT2D eigenvalue weighted by Gasteiger charge is 2.33. The number of ether oxygens (including phenoxy) is 2. The van der Waals surface area contributed by atoms with Gasteiger partial charge in [-0.3, -0.25) is 4.79 Å². The van der Waals surface area contributed by atoms with Gasteiger partial charge in [-0.1, -0.05) is 5.16 Å². The molecule has 0 atom stereocenters. The maximum Gasteiger partial charge on any atom is 0.259 e. The molecule has 2 N–H and O–H groups in total. The van der Waals surface area contributed by atoms with Gasteiger partial charge in [-0.15, -0.1) is 0 Å². The van der Waals surface area contributed by atoms with Crippen molar-refractivity contribution in [1.82, 2.24) is 24.7 Å². The van der Waals surface area contributed by atoms with Crippen LogP contribution in [0.5, 0.6) is 11.5 Å². The minimum Gasteiger partial charge on any atom is -0.490 e. The minimum atomic E-state index is -3.69. The molecule has 3 aliphatic rings. The summed E-state index contributed by atoms with van der Waals surface area (Å²) in [6, 6.07) is 6.57. The highest BCUT2D eigenvalue weighted by molar-refractivity contribution is 7.89. The van der Waals surface area contributed by atoms with E-state index in [-0.39, 0.29) is 22.2 Å². The molecule has 0 saturated carbocycles. The molecule has 0 radical (unpaired) electrons. The summed E-state index contributed by atoms with van der Waals surface area (Å²) in [6.07, 6.45) is 2.60. The quantitative estimate of drug-likeness (QED) is 0.534. The third-order valence-corrected chi connectivity index (χ3v) is 8.82. The average molecular weight is 514 g/mol. The number of hydrogen-bond donors (Lipinski definition) is 2. The Balaban J connectivity index is 1.16. The van der Waals surface area contributed by atoms with Crippen LogP contribution in [0.4, 0.5) is 0 Å². The van der Waals surface area contributed by atoms with E-state index in [0.29, 0.717) is 68.6 Å². The van der Waals surface area contributed by atoms with Gasteiger partial charge >= 0.3 is 0 Å². The molecule has 1 aromatic carbocycles. The van der Waals surface area contributed by atoms with Gasteiger partial charge in [-0.25, -0.2) is 8.42 Å². The lowest BCUT2D eigenvalue weighted by molar-refractivity contribution is 0.270. The van der Waals surface area contributed by atoms with Gasteiger partial charge in [0.2, 0.25) is 21.7 Å². The molecule has 12 heteroatoms. The smallest absolute Gasteiger partial charge is 0.259 e. The molecule has 11 nitrogen and oxygen atoms in total. The van der Waals surface area contributed by atoms with Crippen molar-refractivity contribution in [2.45, 2.75) is 43.0 Å². The van der Waals surface area contributed by atoms with Gasteiger partial charge < -0.3 is 24.3 Å². The third-order valence-electron chi connectivity index (χ3n) is 6.93. The standard InChI is InChI=1S/C24H27N5O6S/c30-23-18(12-16-14-25-7-4-19(16)26-23)22-27-24(35-28-22)15-5-8-29(9-6-15)36(31,32)17-2-3-20-21(13-17)34-11-1-10-33-20/h2-3,12-13,15,25H,1,4-11,14H2,(H,26,30). The Labute approximate surface area is 207 Å². The predicted molar refractivity (Wildman–Crippen MR) is 129 cm³/mol. The summed E-state index contributed by atoms with van der Waals surface area (Å²) >= 11 is 0. The van der Waals surface area contributed by atoms with Crippen molar-refractivity contribution in [1.29, 1.82) is 0 Å². The van der Waals surface area contributed by atoms with Crippen LogP contribution < -0.4 is 20.3 Å². The summed E-state index contributed by atoms with van der Waals surface area (Å²) in [5.41, 5.74) is 2.10. The summed E-state index contributed by atoms with van der Waals surface area (Å²) in [6.45, 7) is 3.19. The van der Waals surface area contributed by atoms with Crippen molar-refractivity contribution in [3.63, 3.8) is 0 Å². The van der Waals surface area contributed by atoms with Crippen LogP contribution in [0.2, 0.25) is 0 Å². The van der Waals surface area contributed by atoms with Crippen molar-refractivity contribution in [2.75, 3.05) is 32.8 Å². The normalized spacial score (nSPS) is 19.0. The number of nitrogens with one attached hydrogen (secondary N) is 2. The number of fused-ring (bicyclic) bond motifs is 2. The lowest BCUT2D eigenvalue weighted by atomic mass is 9.98. The molecule has 0 bridgehead atoms. The molecule has 0 unspecified atom stereocenters. The zero-order valence-electron chi connectivity index (χ0n) is 19.7. The second-order valence-corrected chi connectivity index (χ2v) is 11.2. The minimum absolute atomic E-state index is 0.0835. The maximum absolute atomic E-state index is 13.3. The van der Waals surface area contributed by atoms with Gasteiger partial charge in [-0.2, -0.15) is 9.29 Å². The number of piperidine rings is 1. The third kappa shape index (κ3) is 4.29. The summed E-state index contributed by atoms with van der Waals surface area (Å²) in [5.74, 6) is 1.61.